The number of aromatic nitrogens is 4. The van der Waals surface area contributed by atoms with Crippen LogP contribution in [0.25, 0.3) is 11.6 Å². The van der Waals surface area contributed by atoms with Crippen molar-refractivity contribution in [3.63, 3.8) is 0 Å². The molecule has 2 aromatic heterocycles. The van der Waals surface area contributed by atoms with Crippen LogP contribution in [0.1, 0.15) is 6.92 Å². The van der Waals surface area contributed by atoms with E-state index in [0.717, 1.165) is 4.80 Å². The van der Waals surface area contributed by atoms with Crippen LogP contribution in [0.2, 0.25) is 0 Å². The van der Waals surface area contributed by atoms with Crippen LogP contribution in [-0.4, -0.2) is 43.7 Å². The maximum absolute atomic E-state index is 11.6. The molecule has 2 N–H and O–H groups in total. The van der Waals surface area contributed by atoms with Crippen molar-refractivity contribution in [1.82, 2.24) is 25.5 Å². The van der Waals surface area contributed by atoms with Crippen LogP contribution in [-0.2, 0) is 16.1 Å². The number of hydrogen-bond donors (Lipinski definition) is 2. The van der Waals surface area contributed by atoms with E-state index in [0.29, 0.717) is 5.76 Å². The van der Waals surface area contributed by atoms with Crippen molar-refractivity contribution in [3.8, 4) is 11.6 Å². The Balaban J connectivity index is 1.87. The summed E-state index contributed by atoms with van der Waals surface area (Å²) >= 11 is 0. The quantitative estimate of drug-likeness (QED) is 0.748. The summed E-state index contributed by atoms with van der Waals surface area (Å²) in [6.07, 6.45) is 1.48. The van der Waals surface area contributed by atoms with Gasteiger partial charge in [-0.05, 0) is 17.3 Å². The molecule has 0 aliphatic heterocycles. The average Bonchev–Trinajstić information content (AvgIpc) is 3.05. The molecule has 2 aromatic rings. The summed E-state index contributed by atoms with van der Waals surface area (Å²) in [6, 6.07) is 3.37. The maximum Gasteiger partial charge on any atom is 0.308 e. The van der Waals surface area contributed by atoms with Crippen molar-refractivity contribution in [1.29, 1.82) is 0 Å². The Morgan fingerprint density at radius 1 is 1.55 bits per heavy atom. The number of furan rings is 1. The van der Waals surface area contributed by atoms with Gasteiger partial charge in [0.05, 0.1) is 12.2 Å². The minimum Gasteiger partial charge on any atom is -0.481 e. The minimum atomic E-state index is -0.968. The summed E-state index contributed by atoms with van der Waals surface area (Å²) in [4.78, 5) is 23.3. The number of tetrazole rings is 1. The van der Waals surface area contributed by atoms with E-state index in [1.54, 1.807) is 12.1 Å². The van der Waals surface area contributed by atoms with Crippen molar-refractivity contribution in [2.24, 2.45) is 5.92 Å². The number of amides is 1. The van der Waals surface area contributed by atoms with E-state index in [4.69, 9.17) is 9.52 Å². The van der Waals surface area contributed by atoms with Crippen LogP contribution >= 0.6 is 0 Å². The smallest absolute Gasteiger partial charge is 0.308 e. The summed E-state index contributed by atoms with van der Waals surface area (Å²) < 4.78 is 5.10. The molecule has 0 radical (unpaired) electrons. The third kappa shape index (κ3) is 3.40. The molecule has 0 spiro atoms. The molecule has 9 nitrogen and oxygen atoms in total. The summed E-state index contributed by atoms with van der Waals surface area (Å²) in [5, 5.41) is 22.6. The molecule has 0 bridgehead atoms. The van der Waals surface area contributed by atoms with E-state index in [1.807, 2.05) is 0 Å². The molecule has 1 amide bonds. The first-order valence-corrected chi connectivity index (χ1v) is 5.87. The van der Waals surface area contributed by atoms with Crippen molar-refractivity contribution in [3.05, 3.63) is 18.4 Å². The molecule has 20 heavy (non-hydrogen) atoms. The number of carbonyl (C=O) groups excluding carboxylic acids is 1. The zero-order valence-corrected chi connectivity index (χ0v) is 10.7. The van der Waals surface area contributed by atoms with Gasteiger partial charge in [0.15, 0.2) is 5.76 Å². The van der Waals surface area contributed by atoms with Crippen molar-refractivity contribution >= 4 is 11.9 Å². The van der Waals surface area contributed by atoms with E-state index in [-0.39, 0.29) is 24.8 Å². The van der Waals surface area contributed by atoms with Crippen molar-refractivity contribution in [2.45, 2.75) is 13.5 Å². The zero-order chi connectivity index (χ0) is 14.5. The molecule has 1 unspecified atom stereocenters. The van der Waals surface area contributed by atoms with Crippen LogP contribution < -0.4 is 5.32 Å². The monoisotopic (exact) mass is 279 g/mol. The van der Waals surface area contributed by atoms with Crippen LogP contribution in [0.4, 0.5) is 0 Å². The van der Waals surface area contributed by atoms with Gasteiger partial charge in [0, 0.05) is 6.54 Å². The molecule has 0 aliphatic carbocycles. The van der Waals surface area contributed by atoms with Gasteiger partial charge in [-0.1, -0.05) is 6.92 Å². The second kappa shape index (κ2) is 5.95. The Labute approximate surface area is 113 Å². The summed E-state index contributed by atoms with van der Waals surface area (Å²) in [6.45, 7) is 1.42. The minimum absolute atomic E-state index is 0.0495. The van der Waals surface area contributed by atoms with E-state index in [1.165, 1.54) is 13.2 Å². The summed E-state index contributed by atoms with van der Waals surface area (Å²) in [5.74, 6) is -1.27. The molecule has 0 fully saturated rings. The summed E-state index contributed by atoms with van der Waals surface area (Å²) in [5.41, 5.74) is 0. The lowest BCUT2D eigenvalue weighted by atomic mass is 10.2. The fourth-order valence-corrected chi connectivity index (χ4v) is 1.35. The molecule has 1 atom stereocenters. The lowest BCUT2D eigenvalue weighted by Crippen LogP contribution is -2.34. The molecule has 0 aliphatic rings. The predicted molar refractivity (Wildman–Crippen MR) is 65.3 cm³/mol. The van der Waals surface area contributed by atoms with E-state index in [9.17, 15) is 9.59 Å². The second-order valence-electron chi connectivity index (χ2n) is 4.16. The van der Waals surface area contributed by atoms with E-state index in [2.05, 4.69) is 20.7 Å². The third-order valence-corrected chi connectivity index (χ3v) is 2.51. The zero-order valence-electron chi connectivity index (χ0n) is 10.7. The maximum atomic E-state index is 11.6. The molecular formula is C11H13N5O4. The van der Waals surface area contributed by atoms with Gasteiger partial charge in [-0.15, -0.1) is 10.2 Å². The molecule has 2 rings (SSSR count). The van der Waals surface area contributed by atoms with Gasteiger partial charge in [0.1, 0.15) is 6.54 Å². The number of rotatable bonds is 6. The first kappa shape index (κ1) is 13.7. The summed E-state index contributed by atoms with van der Waals surface area (Å²) in [7, 11) is 0. The fourth-order valence-electron chi connectivity index (χ4n) is 1.35. The number of carbonyl (C=O) groups is 2. The highest BCUT2D eigenvalue weighted by Crippen LogP contribution is 2.12. The number of nitrogens with zero attached hydrogens (tertiary/aromatic N) is 4. The molecular weight excluding hydrogens is 266 g/mol. The molecule has 0 aromatic carbocycles. The van der Waals surface area contributed by atoms with Crippen LogP contribution in [0.3, 0.4) is 0 Å². The second-order valence-corrected chi connectivity index (χ2v) is 4.16. The van der Waals surface area contributed by atoms with Gasteiger partial charge in [-0.25, -0.2) is 0 Å². The lowest BCUT2D eigenvalue weighted by Gasteiger charge is -2.07. The standard InChI is InChI=1S/C11H13N5O4/c1-7(11(18)19)5-12-9(17)6-16-14-10(13-15-16)8-3-2-4-20-8/h2-4,7H,5-6H2,1H3,(H,12,17)(H,18,19). The number of carboxylic acids is 1. The fraction of sp³-hybridized carbons (Fsp3) is 0.364. The van der Waals surface area contributed by atoms with Gasteiger partial charge >= 0.3 is 5.97 Å². The molecule has 2 heterocycles. The van der Waals surface area contributed by atoms with Gasteiger partial charge in [-0.3, -0.25) is 9.59 Å². The number of nitrogens with one attached hydrogen (secondary N) is 1. The highest BCUT2D eigenvalue weighted by atomic mass is 16.4. The SMILES string of the molecule is CC(CNC(=O)Cn1nnc(-c2ccco2)n1)C(=O)O. The predicted octanol–water partition coefficient (Wildman–Crippen LogP) is -0.230. The largest absolute Gasteiger partial charge is 0.481 e. The molecule has 0 saturated carbocycles. The Hall–Kier alpha value is -2.71. The first-order valence-electron chi connectivity index (χ1n) is 5.87. The Kier molecular flexibility index (Phi) is 4.08. The van der Waals surface area contributed by atoms with E-state index >= 15 is 0 Å². The Morgan fingerprint density at radius 2 is 2.35 bits per heavy atom. The van der Waals surface area contributed by atoms with Crippen LogP contribution in [0.5, 0.6) is 0 Å². The van der Waals surface area contributed by atoms with Crippen molar-refractivity contribution in [2.75, 3.05) is 6.54 Å². The highest BCUT2D eigenvalue weighted by molar-refractivity contribution is 5.76. The molecule has 106 valence electrons. The number of carboxylic acid groups (broad SMARTS) is 1. The third-order valence-electron chi connectivity index (χ3n) is 2.51. The van der Waals surface area contributed by atoms with Gasteiger partial charge < -0.3 is 14.8 Å². The van der Waals surface area contributed by atoms with E-state index < -0.39 is 11.9 Å². The highest BCUT2D eigenvalue weighted by Gasteiger charge is 2.14. The number of hydrogen-bond acceptors (Lipinski definition) is 6. The first-order chi connectivity index (χ1) is 9.56. The normalized spacial score (nSPS) is 12.1. The number of aliphatic carboxylic acids is 1. The molecule has 0 saturated heterocycles. The Morgan fingerprint density at radius 3 is 3.00 bits per heavy atom. The van der Waals surface area contributed by atoms with Gasteiger partial charge in [-0.2, -0.15) is 4.80 Å². The molecule has 9 heteroatoms. The lowest BCUT2D eigenvalue weighted by molar-refractivity contribution is -0.141. The van der Waals surface area contributed by atoms with Gasteiger partial charge in [0.2, 0.25) is 11.7 Å². The Bertz CT molecular complexity index is 592. The topological polar surface area (TPSA) is 123 Å². The van der Waals surface area contributed by atoms with Gasteiger partial charge in [0.25, 0.3) is 0 Å². The van der Waals surface area contributed by atoms with Crippen LogP contribution in [0.15, 0.2) is 22.8 Å². The van der Waals surface area contributed by atoms with Crippen LogP contribution in [0, 0.1) is 5.92 Å². The average molecular weight is 279 g/mol. The van der Waals surface area contributed by atoms with Crippen molar-refractivity contribution < 1.29 is 19.1 Å².